The first-order valence-electron chi connectivity index (χ1n) is 14.9. The maximum Gasteiger partial charge on any atom is 0.416 e. The number of benzene rings is 3. The minimum absolute atomic E-state index is 0.0297. The molecule has 0 radical (unpaired) electrons. The second kappa shape index (κ2) is 13.3. The predicted octanol–water partition coefficient (Wildman–Crippen LogP) is 6.38. The Labute approximate surface area is 268 Å². The molecule has 1 aliphatic carbocycles. The minimum atomic E-state index is -4.72. The molecule has 1 heterocycles. The normalized spacial score (nSPS) is 19.8. The third-order valence-electron chi connectivity index (χ3n) is 8.23. The van der Waals surface area contributed by atoms with Gasteiger partial charge in [-0.25, -0.2) is 9.18 Å². The lowest BCUT2D eigenvalue weighted by atomic mass is 9.67. The monoisotopic (exact) mass is 652 g/mol. The van der Waals surface area contributed by atoms with Gasteiger partial charge in [-0.3, -0.25) is 14.5 Å². The van der Waals surface area contributed by atoms with Gasteiger partial charge in [-0.1, -0.05) is 30.3 Å². The van der Waals surface area contributed by atoms with E-state index in [0.717, 1.165) is 24.3 Å². The summed E-state index contributed by atoms with van der Waals surface area (Å²) in [5.41, 5.74) is 6.33. The molecule has 0 fully saturated rings. The lowest BCUT2D eigenvalue weighted by Crippen LogP contribution is -2.46. The van der Waals surface area contributed by atoms with E-state index < -0.39 is 53.0 Å². The Balaban J connectivity index is 1.84. The van der Waals surface area contributed by atoms with Crippen molar-refractivity contribution in [1.29, 1.82) is 0 Å². The fraction of sp³-hybridized carbons (Fsp3) is 0.286. The van der Waals surface area contributed by atoms with Crippen molar-refractivity contribution in [2.24, 2.45) is 11.7 Å². The molecule has 0 bridgehead atoms. The molecular formula is C35H32F4N2O6. The van der Waals surface area contributed by atoms with Crippen LogP contribution in [-0.4, -0.2) is 38.0 Å². The number of nitrogens with zero attached hydrogens (tertiary/aromatic N) is 1. The number of nitrogens with two attached hydrogens (primary N) is 1. The van der Waals surface area contributed by atoms with Crippen LogP contribution >= 0.6 is 0 Å². The lowest BCUT2D eigenvalue weighted by molar-refractivity contribution is -0.152. The van der Waals surface area contributed by atoms with Gasteiger partial charge in [0.05, 0.1) is 37.4 Å². The summed E-state index contributed by atoms with van der Waals surface area (Å²) >= 11 is 0. The first-order valence-corrected chi connectivity index (χ1v) is 14.9. The molecule has 1 aliphatic heterocycles. The SMILES string of the molecule is CCOC(=O)C1=C(N)N(c2cccc(C(F)(F)F)c2)C2=C(C(=O)[C@H](C(=O)OCC)[C@H](c3cccc(OC)c3)C2)[C@@H]1c1ccc(F)cc1. The topological polar surface area (TPSA) is 108 Å². The first-order chi connectivity index (χ1) is 22.4. The maximum absolute atomic E-state index is 14.8. The fourth-order valence-corrected chi connectivity index (χ4v) is 6.23. The number of ether oxygens (including phenoxy) is 3. The van der Waals surface area contributed by atoms with Crippen LogP contribution in [-0.2, 0) is 30.0 Å². The number of alkyl halides is 3. The number of allylic oxidation sites excluding steroid dienone is 2. The third kappa shape index (κ3) is 6.32. The Morgan fingerprint density at radius 3 is 2.26 bits per heavy atom. The van der Waals surface area contributed by atoms with Crippen molar-refractivity contribution >= 4 is 23.4 Å². The van der Waals surface area contributed by atoms with Crippen molar-refractivity contribution in [3.63, 3.8) is 0 Å². The summed E-state index contributed by atoms with van der Waals surface area (Å²) in [5.74, 6) is -6.41. The number of methoxy groups -OCH3 is 1. The van der Waals surface area contributed by atoms with Crippen molar-refractivity contribution in [3.8, 4) is 5.75 Å². The molecule has 47 heavy (non-hydrogen) atoms. The summed E-state index contributed by atoms with van der Waals surface area (Å²) in [4.78, 5) is 43.3. The number of hydrogen-bond donors (Lipinski definition) is 1. The summed E-state index contributed by atoms with van der Waals surface area (Å²) in [7, 11) is 1.46. The van der Waals surface area contributed by atoms with Crippen molar-refractivity contribution in [2.45, 2.75) is 38.3 Å². The Hall–Kier alpha value is -5.13. The summed E-state index contributed by atoms with van der Waals surface area (Å²) in [6.07, 6.45) is -4.80. The largest absolute Gasteiger partial charge is 0.497 e. The molecule has 0 saturated carbocycles. The number of carbonyl (C=O) groups excluding carboxylic acids is 3. The van der Waals surface area contributed by atoms with E-state index in [1.165, 1.54) is 36.3 Å². The van der Waals surface area contributed by atoms with E-state index in [-0.39, 0.29) is 53.5 Å². The van der Waals surface area contributed by atoms with Gasteiger partial charge in [0.2, 0.25) is 0 Å². The molecule has 0 saturated heterocycles. The smallest absolute Gasteiger partial charge is 0.416 e. The van der Waals surface area contributed by atoms with Crippen molar-refractivity contribution in [1.82, 2.24) is 0 Å². The van der Waals surface area contributed by atoms with Gasteiger partial charge in [0.15, 0.2) is 5.78 Å². The molecule has 12 heteroatoms. The molecule has 0 spiro atoms. The Kier molecular flexibility index (Phi) is 9.41. The van der Waals surface area contributed by atoms with Crippen molar-refractivity contribution in [3.05, 3.63) is 118 Å². The van der Waals surface area contributed by atoms with Crippen LogP contribution in [0.5, 0.6) is 5.75 Å². The molecular weight excluding hydrogens is 620 g/mol. The average molecular weight is 653 g/mol. The Bertz CT molecular complexity index is 1770. The predicted molar refractivity (Wildman–Crippen MR) is 163 cm³/mol. The van der Waals surface area contributed by atoms with Crippen molar-refractivity contribution in [2.75, 3.05) is 25.2 Å². The number of rotatable bonds is 8. The summed E-state index contributed by atoms with van der Waals surface area (Å²) in [6.45, 7) is 3.04. The van der Waals surface area contributed by atoms with Crippen LogP contribution in [0.2, 0.25) is 0 Å². The van der Waals surface area contributed by atoms with E-state index in [9.17, 15) is 31.9 Å². The van der Waals surface area contributed by atoms with Gasteiger partial charge in [-0.15, -0.1) is 0 Å². The Morgan fingerprint density at radius 2 is 1.62 bits per heavy atom. The molecule has 3 aromatic carbocycles. The molecule has 2 aliphatic rings. The molecule has 5 rings (SSSR count). The van der Waals surface area contributed by atoms with Gasteiger partial charge in [-0.2, -0.15) is 13.2 Å². The second-order valence-electron chi connectivity index (χ2n) is 10.9. The highest BCUT2D eigenvalue weighted by atomic mass is 19.4. The molecule has 2 N–H and O–H groups in total. The van der Waals surface area contributed by atoms with Gasteiger partial charge in [0.1, 0.15) is 23.3 Å². The standard InChI is InChI=1S/C35H32F4N2O6/c1-4-46-33(43)28-25(20-8-6-11-24(16-20)45-3)18-26-29(31(28)42)27(19-12-14-22(36)15-13-19)30(34(44)47-5-2)32(40)41(26)23-10-7-9-21(17-23)35(37,38)39/h6-17,25,27-28H,4-5,18,40H2,1-3H3/t25-,27-,28+/m0/s1. The van der Waals surface area contributed by atoms with Gasteiger partial charge < -0.3 is 19.9 Å². The van der Waals surface area contributed by atoms with E-state index in [4.69, 9.17) is 19.9 Å². The van der Waals surface area contributed by atoms with E-state index in [0.29, 0.717) is 11.3 Å². The van der Waals surface area contributed by atoms with Crippen LogP contribution in [0.4, 0.5) is 23.2 Å². The van der Waals surface area contributed by atoms with E-state index in [1.54, 1.807) is 38.1 Å². The minimum Gasteiger partial charge on any atom is -0.497 e. The van der Waals surface area contributed by atoms with Crippen LogP contribution in [0.1, 0.15) is 48.8 Å². The molecule has 8 nitrogen and oxygen atoms in total. The van der Waals surface area contributed by atoms with Gasteiger partial charge in [-0.05, 0) is 73.9 Å². The molecule has 3 aromatic rings. The number of Topliss-reactive ketones (excluding diaryl/α,β-unsaturated/α-hetero) is 1. The van der Waals surface area contributed by atoms with Crippen LogP contribution in [0.3, 0.4) is 0 Å². The fourth-order valence-electron chi connectivity index (χ4n) is 6.23. The van der Waals surface area contributed by atoms with Crippen LogP contribution in [0.25, 0.3) is 0 Å². The number of halogens is 4. The molecule has 0 amide bonds. The summed E-state index contributed by atoms with van der Waals surface area (Å²) in [5, 5.41) is 0. The number of ketones is 1. The van der Waals surface area contributed by atoms with Crippen LogP contribution in [0.15, 0.2) is 95.5 Å². The van der Waals surface area contributed by atoms with Gasteiger partial charge >= 0.3 is 18.1 Å². The number of carbonyl (C=O) groups is 3. The van der Waals surface area contributed by atoms with E-state index in [2.05, 4.69) is 0 Å². The summed E-state index contributed by atoms with van der Waals surface area (Å²) < 4.78 is 72.0. The molecule has 3 atom stereocenters. The molecule has 0 aromatic heterocycles. The van der Waals surface area contributed by atoms with Gasteiger partial charge in [0, 0.05) is 22.9 Å². The van der Waals surface area contributed by atoms with E-state index in [1.807, 2.05) is 0 Å². The number of hydrogen-bond acceptors (Lipinski definition) is 8. The van der Waals surface area contributed by atoms with Crippen LogP contribution < -0.4 is 15.4 Å². The highest BCUT2D eigenvalue weighted by molar-refractivity contribution is 6.14. The quantitative estimate of drug-likeness (QED) is 0.170. The number of anilines is 1. The van der Waals surface area contributed by atoms with Crippen molar-refractivity contribution < 1.29 is 46.2 Å². The zero-order valence-corrected chi connectivity index (χ0v) is 25.8. The average Bonchev–Trinajstić information content (AvgIpc) is 3.04. The van der Waals surface area contributed by atoms with Gasteiger partial charge in [0.25, 0.3) is 0 Å². The molecule has 246 valence electrons. The third-order valence-corrected chi connectivity index (χ3v) is 8.23. The van der Waals surface area contributed by atoms with E-state index >= 15 is 0 Å². The zero-order chi connectivity index (χ0) is 34.0. The highest BCUT2D eigenvalue weighted by Gasteiger charge is 2.51. The lowest BCUT2D eigenvalue weighted by Gasteiger charge is -2.44. The van der Waals surface area contributed by atoms with Crippen LogP contribution in [0, 0.1) is 11.7 Å². The molecule has 0 unspecified atom stereocenters. The number of esters is 2. The second-order valence-corrected chi connectivity index (χ2v) is 10.9. The maximum atomic E-state index is 14.8. The Morgan fingerprint density at radius 1 is 0.936 bits per heavy atom. The highest BCUT2D eigenvalue weighted by Crippen LogP contribution is 2.52. The zero-order valence-electron chi connectivity index (χ0n) is 25.8. The summed E-state index contributed by atoms with van der Waals surface area (Å²) in [6, 6.07) is 16.1. The first kappa shape index (κ1) is 33.2.